The quantitative estimate of drug-likeness (QED) is 0.397. The molecule has 7 heteroatoms. The summed E-state index contributed by atoms with van der Waals surface area (Å²) in [5.74, 6) is 1.53. The SMILES string of the molecule is COc1ccc(CCN(C)C(C)CCNC(=O)CC=Cc2ccc(-n3ccnc3)cc2)cc1OC. The van der Waals surface area contributed by atoms with Gasteiger partial charge in [-0.3, -0.25) is 4.79 Å². The van der Waals surface area contributed by atoms with Gasteiger partial charge in [0.1, 0.15) is 0 Å². The largest absolute Gasteiger partial charge is 0.493 e. The minimum atomic E-state index is 0.0384. The summed E-state index contributed by atoms with van der Waals surface area (Å²) in [6, 6.07) is 14.5. The van der Waals surface area contributed by atoms with Crippen molar-refractivity contribution in [2.45, 2.75) is 32.2 Å². The Morgan fingerprint density at radius 2 is 1.91 bits per heavy atom. The minimum Gasteiger partial charge on any atom is -0.493 e. The van der Waals surface area contributed by atoms with Gasteiger partial charge in [0.2, 0.25) is 5.91 Å². The van der Waals surface area contributed by atoms with Crippen molar-refractivity contribution in [2.75, 3.05) is 34.4 Å². The molecule has 3 rings (SSSR count). The Labute approximate surface area is 208 Å². The van der Waals surface area contributed by atoms with Crippen LogP contribution in [0.1, 0.15) is 30.9 Å². The van der Waals surface area contributed by atoms with E-state index in [2.05, 4.69) is 35.2 Å². The highest BCUT2D eigenvalue weighted by molar-refractivity contribution is 5.78. The molecular formula is C28H36N4O3. The maximum absolute atomic E-state index is 12.2. The summed E-state index contributed by atoms with van der Waals surface area (Å²) >= 11 is 0. The zero-order chi connectivity index (χ0) is 25.0. The molecule has 1 amide bonds. The fourth-order valence-corrected chi connectivity index (χ4v) is 3.75. The molecule has 186 valence electrons. The number of aromatic nitrogens is 2. The molecule has 1 heterocycles. The molecule has 0 saturated heterocycles. The topological polar surface area (TPSA) is 68.6 Å². The Morgan fingerprint density at radius 3 is 2.60 bits per heavy atom. The zero-order valence-electron chi connectivity index (χ0n) is 21.1. The Hall–Kier alpha value is -3.58. The molecule has 0 aliphatic carbocycles. The van der Waals surface area contributed by atoms with E-state index in [1.165, 1.54) is 5.56 Å². The molecule has 0 bridgehead atoms. The molecule has 0 aliphatic rings. The molecular weight excluding hydrogens is 440 g/mol. The van der Waals surface area contributed by atoms with E-state index < -0.39 is 0 Å². The summed E-state index contributed by atoms with van der Waals surface area (Å²) in [6.45, 7) is 3.77. The van der Waals surface area contributed by atoms with E-state index in [1.54, 1.807) is 26.7 Å². The van der Waals surface area contributed by atoms with Crippen LogP contribution in [0, 0.1) is 0 Å². The van der Waals surface area contributed by atoms with Crippen LogP contribution in [0.4, 0.5) is 0 Å². The predicted molar refractivity (Wildman–Crippen MR) is 140 cm³/mol. The monoisotopic (exact) mass is 476 g/mol. The van der Waals surface area contributed by atoms with Crippen molar-refractivity contribution < 1.29 is 14.3 Å². The second-order valence-corrected chi connectivity index (χ2v) is 8.58. The van der Waals surface area contributed by atoms with Gasteiger partial charge in [-0.2, -0.15) is 0 Å². The number of rotatable bonds is 13. The number of carbonyl (C=O) groups excluding carboxylic acids is 1. The Balaban J connectivity index is 1.34. The number of methoxy groups -OCH3 is 2. The number of imidazole rings is 1. The van der Waals surface area contributed by atoms with Gasteiger partial charge in [-0.1, -0.05) is 30.4 Å². The first-order valence-electron chi connectivity index (χ1n) is 11.9. The first kappa shape index (κ1) is 26.0. The van der Waals surface area contributed by atoms with Crippen LogP contribution >= 0.6 is 0 Å². The lowest BCUT2D eigenvalue weighted by atomic mass is 10.1. The minimum absolute atomic E-state index is 0.0384. The summed E-state index contributed by atoms with van der Waals surface area (Å²) < 4.78 is 12.7. The molecule has 0 fully saturated rings. The van der Waals surface area contributed by atoms with E-state index >= 15 is 0 Å². The maximum Gasteiger partial charge on any atom is 0.223 e. The average Bonchev–Trinajstić information content (AvgIpc) is 3.42. The highest BCUT2D eigenvalue weighted by Gasteiger charge is 2.11. The van der Waals surface area contributed by atoms with Crippen molar-refractivity contribution in [3.63, 3.8) is 0 Å². The van der Waals surface area contributed by atoms with Crippen LogP contribution in [0.3, 0.4) is 0 Å². The molecule has 1 unspecified atom stereocenters. The van der Waals surface area contributed by atoms with E-state index in [9.17, 15) is 4.79 Å². The molecule has 35 heavy (non-hydrogen) atoms. The van der Waals surface area contributed by atoms with Crippen molar-refractivity contribution in [1.29, 1.82) is 0 Å². The van der Waals surface area contributed by atoms with Crippen LogP contribution in [-0.2, 0) is 11.2 Å². The number of nitrogens with zero attached hydrogens (tertiary/aromatic N) is 3. The summed E-state index contributed by atoms with van der Waals surface area (Å²) in [4.78, 5) is 18.6. The second kappa shape index (κ2) is 13.3. The van der Waals surface area contributed by atoms with Gasteiger partial charge in [0.25, 0.3) is 0 Å². The van der Waals surface area contributed by atoms with Crippen molar-refractivity contribution >= 4 is 12.0 Å². The third-order valence-corrected chi connectivity index (χ3v) is 6.15. The normalized spacial score (nSPS) is 12.1. The molecule has 2 aromatic carbocycles. The third-order valence-electron chi connectivity index (χ3n) is 6.15. The van der Waals surface area contributed by atoms with E-state index in [4.69, 9.17) is 9.47 Å². The molecule has 7 nitrogen and oxygen atoms in total. The van der Waals surface area contributed by atoms with Gasteiger partial charge in [0, 0.05) is 43.6 Å². The fraction of sp³-hybridized carbons (Fsp3) is 0.357. The Kier molecular flexibility index (Phi) is 9.93. The molecule has 0 aliphatic heterocycles. The van der Waals surface area contributed by atoms with Crippen LogP contribution < -0.4 is 14.8 Å². The standard InChI is InChI=1S/C28H36N4O3/c1-22(31(2)18-15-24-10-13-26(34-3)27(20-24)35-4)14-16-30-28(33)7-5-6-23-8-11-25(12-9-23)32-19-17-29-21-32/h5-6,8-13,17,19-22H,7,14-16,18H2,1-4H3,(H,30,33). The molecule has 0 radical (unpaired) electrons. The highest BCUT2D eigenvalue weighted by atomic mass is 16.5. The van der Waals surface area contributed by atoms with Crippen LogP contribution in [0.15, 0.2) is 67.3 Å². The summed E-state index contributed by atoms with van der Waals surface area (Å²) in [5, 5.41) is 3.03. The zero-order valence-corrected chi connectivity index (χ0v) is 21.1. The van der Waals surface area contributed by atoms with Crippen molar-refractivity contribution in [2.24, 2.45) is 0 Å². The predicted octanol–water partition coefficient (Wildman–Crippen LogP) is 4.36. The summed E-state index contributed by atoms with van der Waals surface area (Å²) in [5.41, 5.74) is 3.32. The number of benzene rings is 2. The maximum atomic E-state index is 12.2. The lowest BCUT2D eigenvalue weighted by Gasteiger charge is -2.25. The highest BCUT2D eigenvalue weighted by Crippen LogP contribution is 2.27. The molecule has 1 atom stereocenters. The van der Waals surface area contributed by atoms with Gasteiger partial charge >= 0.3 is 0 Å². The number of amides is 1. The summed E-state index contributed by atoms with van der Waals surface area (Å²) in [7, 11) is 5.42. The van der Waals surface area contributed by atoms with Gasteiger partial charge < -0.3 is 24.3 Å². The molecule has 0 saturated carbocycles. The van der Waals surface area contributed by atoms with Gasteiger partial charge in [-0.25, -0.2) is 4.98 Å². The van der Waals surface area contributed by atoms with E-state index in [1.807, 2.05) is 59.3 Å². The smallest absolute Gasteiger partial charge is 0.223 e. The van der Waals surface area contributed by atoms with E-state index in [0.29, 0.717) is 19.0 Å². The fourth-order valence-electron chi connectivity index (χ4n) is 3.75. The number of hydrogen-bond acceptors (Lipinski definition) is 5. The number of ether oxygens (including phenoxy) is 2. The number of nitrogens with one attached hydrogen (secondary N) is 1. The summed E-state index contributed by atoms with van der Waals surface area (Å²) in [6.07, 6.45) is 11.5. The molecule has 0 spiro atoms. The Morgan fingerprint density at radius 1 is 1.14 bits per heavy atom. The van der Waals surface area contributed by atoms with Crippen molar-refractivity contribution in [3.05, 3.63) is 78.4 Å². The lowest BCUT2D eigenvalue weighted by molar-refractivity contribution is -0.120. The van der Waals surface area contributed by atoms with Crippen LogP contribution in [0.2, 0.25) is 0 Å². The van der Waals surface area contributed by atoms with Crippen molar-refractivity contribution in [1.82, 2.24) is 19.8 Å². The average molecular weight is 477 g/mol. The Bertz CT molecular complexity index is 1080. The van der Waals surface area contributed by atoms with E-state index in [-0.39, 0.29) is 5.91 Å². The lowest BCUT2D eigenvalue weighted by Crippen LogP contribution is -2.35. The molecule has 3 aromatic rings. The van der Waals surface area contributed by atoms with E-state index in [0.717, 1.165) is 42.1 Å². The van der Waals surface area contributed by atoms with Crippen LogP contribution in [0.25, 0.3) is 11.8 Å². The first-order valence-corrected chi connectivity index (χ1v) is 11.9. The molecule has 1 N–H and O–H groups in total. The molecule has 1 aromatic heterocycles. The van der Waals surface area contributed by atoms with Gasteiger partial charge in [0.15, 0.2) is 11.5 Å². The van der Waals surface area contributed by atoms with Gasteiger partial charge in [-0.15, -0.1) is 0 Å². The number of likely N-dealkylation sites (N-methyl/N-ethyl adjacent to an activating group) is 1. The third kappa shape index (κ3) is 8.00. The van der Waals surface area contributed by atoms with Crippen LogP contribution in [-0.4, -0.2) is 60.8 Å². The van der Waals surface area contributed by atoms with Gasteiger partial charge in [-0.05, 0) is 62.2 Å². The first-order chi connectivity index (χ1) is 17.0. The number of carbonyl (C=O) groups is 1. The van der Waals surface area contributed by atoms with Gasteiger partial charge in [0.05, 0.1) is 20.5 Å². The van der Waals surface area contributed by atoms with Crippen LogP contribution in [0.5, 0.6) is 11.5 Å². The number of hydrogen-bond donors (Lipinski definition) is 1. The van der Waals surface area contributed by atoms with Crippen molar-refractivity contribution in [3.8, 4) is 17.2 Å². The second-order valence-electron chi connectivity index (χ2n) is 8.58.